The Bertz CT molecular complexity index is 664. The van der Waals surface area contributed by atoms with E-state index in [2.05, 4.69) is 5.32 Å². The van der Waals surface area contributed by atoms with Crippen LogP contribution in [-0.2, 0) is 9.59 Å². The van der Waals surface area contributed by atoms with Crippen LogP contribution in [0.15, 0.2) is 24.3 Å². The number of rotatable bonds is 4. The topological polar surface area (TPSA) is 104 Å². The third-order valence-electron chi connectivity index (χ3n) is 4.33. The van der Waals surface area contributed by atoms with Crippen molar-refractivity contribution in [3.05, 3.63) is 35.4 Å². The Morgan fingerprint density at radius 2 is 1.74 bits per heavy atom. The molecule has 120 valence electrons. The molecule has 7 nitrogen and oxygen atoms in total. The largest absolute Gasteiger partial charge is 0.481 e. The molecule has 0 bridgehead atoms. The van der Waals surface area contributed by atoms with Gasteiger partial charge in [0.25, 0.3) is 11.8 Å². The number of carbonyl (C=O) groups is 4. The van der Waals surface area contributed by atoms with Gasteiger partial charge in [0.1, 0.15) is 6.54 Å². The highest BCUT2D eigenvalue weighted by Gasteiger charge is 2.37. The molecule has 1 heterocycles. The first-order chi connectivity index (χ1) is 11.0. The molecule has 3 rings (SSSR count). The lowest BCUT2D eigenvalue weighted by Gasteiger charge is -2.16. The summed E-state index contributed by atoms with van der Waals surface area (Å²) in [7, 11) is 0. The van der Waals surface area contributed by atoms with Crippen LogP contribution in [0.5, 0.6) is 0 Å². The van der Waals surface area contributed by atoms with Crippen molar-refractivity contribution in [2.75, 3.05) is 6.54 Å². The van der Waals surface area contributed by atoms with E-state index in [0.717, 1.165) is 4.90 Å². The first kappa shape index (κ1) is 15.2. The molecule has 1 saturated carbocycles. The van der Waals surface area contributed by atoms with Crippen LogP contribution in [0.2, 0.25) is 0 Å². The van der Waals surface area contributed by atoms with Gasteiger partial charge in [-0.05, 0) is 31.4 Å². The number of imide groups is 1. The molecular weight excluding hydrogens is 300 g/mol. The van der Waals surface area contributed by atoms with Crippen molar-refractivity contribution in [3.63, 3.8) is 0 Å². The molecule has 1 aromatic carbocycles. The molecule has 0 radical (unpaired) electrons. The number of amides is 3. The standard InChI is InChI=1S/C16H16N2O5/c19-13(17-10-6-5-9(7-10)16(22)23)8-18-14(20)11-3-1-2-4-12(11)15(18)21/h1-4,9-10H,5-8H2,(H,17,19)(H,22,23)/t9-,10+/m1/s1. The van der Waals surface area contributed by atoms with E-state index in [9.17, 15) is 19.2 Å². The number of hydrogen-bond acceptors (Lipinski definition) is 4. The average Bonchev–Trinajstić information content (AvgIpc) is 3.07. The average molecular weight is 316 g/mol. The van der Waals surface area contributed by atoms with Crippen molar-refractivity contribution in [1.29, 1.82) is 0 Å². The molecule has 23 heavy (non-hydrogen) atoms. The maximum absolute atomic E-state index is 12.2. The molecule has 0 spiro atoms. The molecular formula is C16H16N2O5. The Morgan fingerprint density at radius 1 is 1.13 bits per heavy atom. The van der Waals surface area contributed by atoms with Gasteiger partial charge in [-0.15, -0.1) is 0 Å². The lowest BCUT2D eigenvalue weighted by molar-refractivity contribution is -0.141. The third kappa shape index (κ3) is 2.81. The van der Waals surface area contributed by atoms with Crippen LogP contribution in [0.25, 0.3) is 0 Å². The first-order valence-corrected chi connectivity index (χ1v) is 7.44. The van der Waals surface area contributed by atoms with Crippen molar-refractivity contribution in [3.8, 4) is 0 Å². The zero-order valence-electron chi connectivity index (χ0n) is 12.3. The Balaban J connectivity index is 1.60. The van der Waals surface area contributed by atoms with Crippen molar-refractivity contribution < 1.29 is 24.3 Å². The molecule has 2 atom stereocenters. The zero-order valence-corrected chi connectivity index (χ0v) is 12.3. The van der Waals surface area contributed by atoms with Gasteiger partial charge < -0.3 is 10.4 Å². The van der Waals surface area contributed by atoms with Gasteiger partial charge in [-0.3, -0.25) is 24.1 Å². The normalized spacial score (nSPS) is 23.0. The molecule has 1 aliphatic carbocycles. The lowest BCUT2D eigenvalue weighted by atomic mass is 10.1. The van der Waals surface area contributed by atoms with Crippen LogP contribution in [0, 0.1) is 5.92 Å². The summed E-state index contributed by atoms with van der Waals surface area (Å²) in [4.78, 5) is 48.2. The molecule has 0 aromatic heterocycles. The van der Waals surface area contributed by atoms with Gasteiger partial charge in [-0.25, -0.2) is 0 Å². The van der Waals surface area contributed by atoms with Crippen LogP contribution >= 0.6 is 0 Å². The fourth-order valence-corrected chi connectivity index (χ4v) is 3.14. The van der Waals surface area contributed by atoms with Crippen LogP contribution in [-0.4, -0.2) is 46.3 Å². The van der Waals surface area contributed by atoms with Gasteiger partial charge in [-0.1, -0.05) is 12.1 Å². The van der Waals surface area contributed by atoms with E-state index in [1.54, 1.807) is 24.3 Å². The van der Waals surface area contributed by atoms with E-state index >= 15 is 0 Å². The Morgan fingerprint density at radius 3 is 2.26 bits per heavy atom. The van der Waals surface area contributed by atoms with Crippen molar-refractivity contribution >= 4 is 23.7 Å². The predicted molar refractivity (Wildman–Crippen MR) is 78.7 cm³/mol. The van der Waals surface area contributed by atoms with Gasteiger partial charge in [0, 0.05) is 6.04 Å². The lowest BCUT2D eigenvalue weighted by Crippen LogP contribution is -2.43. The van der Waals surface area contributed by atoms with Crippen LogP contribution < -0.4 is 5.32 Å². The summed E-state index contributed by atoms with van der Waals surface area (Å²) in [6.45, 7) is -0.347. The van der Waals surface area contributed by atoms with Gasteiger partial charge in [0.15, 0.2) is 0 Å². The SMILES string of the molecule is O=C(CN1C(=O)c2ccccc2C1=O)N[C@H]1CC[C@@H](C(=O)O)C1. The molecule has 7 heteroatoms. The molecule has 0 saturated heterocycles. The molecule has 1 aromatic rings. The second kappa shape index (κ2) is 5.83. The molecule has 3 amide bonds. The number of carboxylic acids is 1. The summed E-state index contributed by atoms with van der Waals surface area (Å²) < 4.78 is 0. The highest BCUT2D eigenvalue weighted by molar-refractivity contribution is 6.22. The monoisotopic (exact) mass is 316 g/mol. The number of aliphatic carboxylic acids is 1. The number of nitrogens with one attached hydrogen (secondary N) is 1. The molecule has 0 unspecified atom stereocenters. The summed E-state index contributed by atoms with van der Waals surface area (Å²) in [5, 5.41) is 11.7. The second-order valence-corrected chi connectivity index (χ2v) is 5.85. The molecule has 1 fully saturated rings. The molecule has 1 aliphatic heterocycles. The van der Waals surface area contributed by atoms with Crippen molar-refractivity contribution in [2.24, 2.45) is 5.92 Å². The third-order valence-corrected chi connectivity index (χ3v) is 4.33. The van der Waals surface area contributed by atoms with E-state index in [4.69, 9.17) is 5.11 Å². The van der Waals surface area contributed by atoms with Gasteiger partial charge in [0.2, 0.25) is 5.91 Å². The van der Waals surface area contributed by atoms with Gasteiger partial charge >= 0.3 is 5.97 Å². The predicted octanol–water partition coefficient (Wildman–Crippen LogP) is 0.652. The molecule has 2 aliphatic rings. The van der Waals surface area contributed by atoms with Crippen LogP contribution in [0.3, 0.4) is 0 Å². The fraction of sp³-hybridized carbons (Fsp3) is 0.375. The highest BCUT2D eigenvalue weighted by atomic mass is 16.4. The van der Waals surface area contributed by atoms with E-state index in [-0.39, 0.29) is 12.6 Å². The second-order valence-electron chi connectivity index (χ2n) is 5.85. The van der Waals surface area contributed by atoms with Gasteiger partial charge in [-0.2, -0.15) is 0 Å². The number of nitrogens with zero attached hydrogens (tertiary/aromatic N) is 1. The maximum Gasteiger partial charge on any atom is 0.306 e. The summed E-state index contributed by atoms with van der Waals surface area (Å²) in [6.07, 6.45) is 1.49. The minimum Gasteiger partial charge on any atom is -0.481 e. The minimum atomic E-state index is -0.859. The van der Waals surface area contributed by atoms with Crippen LogP contribution in [0.1, 0.15) is 40.0 Å². The highest BCUT2D eigenvalue weighted by Crippen LogP contribution is 2.26. The first-order valence-electron chi connectivity index (χ1n) is 7.44. The zero-order chi connectivity index (χ0) is 16.6. The maximum atomic E-state index is 12.2. The number of benzene rings is 1. The quantitative estimate of drug-likeness (QED) is 0.794. The fourth-order valence-electron chi connectivity index (χ4n) is 3.14. The Kier molecular flexibility index (Phi) is 3.85. The van der Waals surface area contributed by atoms with Gasteiger partial charge in [0.05, 0.1) is 17.0 Å². The van der Waals surface area contributed by atoms with E-state index in [0.29, 0.717) is 30.4 Å². The van der Waals surface area contributed by atoms with E-state index in [1.165, 1.54) is 0 Å². The molecule has 2 N–H and O–H groups in total. The Hall–Kier alpha value is -2.70. The van der Waals surface area contributed by atoms with E-state index in [1.807, 2.05) is 0 Å². The summed E-state index contributed by atoms with van der Waals surface area (Å²) >= 11 is 0. The number of fused-ring (bicyclic) bond motifs is 1. The van der Waals surface area contributed by atoms with E-state index < -0.39 is 29.6 Å². The van der Waals surface area contributed by atoms with Crippen molar-refractivity contribution in [1.82, 2.24) is 10.2 Å². The number of carbonyl (C=O) groups excluding carboxylic acids is 3. The smallest absolute Gasteiger partial charge is 0.306 e. The summed E-state index contributed by atoms with van der Waals surface area (Å²) in [5.41, 5.74) is 0.606. The minimum absolute atomic E-state index is 0.223. The Labute approximate surface area is 132 Å². The number of carboxylic acid groups (broad SMARTS) is 1. The van der Waals surface area contributed by atoms with Crippen LogP contribution in [0.4, 0.5) is 0 Å². The number of hydrogen-bond donors (Lipinski definition) is 2. The summed E-state index contributed by atoms with van der Waals surface area (Å²) in [6, 6.07) is 6.22. The summed E-state index contributed by atoms with van der Waals surface area (Å²) in [5.74, 6) is -2.71. The van der Waals surface area contributed by atoms with Crippen molar-refractivity contribution in [2.45, 2.75) is 25.3 Å².